The smallest absolute Gasteiger partial charge is 0.176 e. The van der Waals surface area contributed by atoms with E-state index in [1.54, 1.807) is 0 Å². The minimum absolute atomic E-state index is 0.495. The largest absolute Gasteiger partial charge is 0.394 e. The molecule has 11 heteroatoms. The Morgan fingerprint density at radius 1 is 0.833 bits per heavy atom. The van der Waals surface area contributed by atoms with E-state index in [1.807, 2.05) is 0 Å². The van der Waals surface area contributed by atoms with Crippen LogP contribution in [0.25, 0.3) is 0 Å². The summed E-state index contributed by atoms with van der Waals surface area (Å²) in [5.74, 6) is 0. The fourth-order valence-corrected chi connectivity index (χ4v) is 2.85. The topological polar surface area (TPSA) is 190 Å². The van der Waals surface area contributed by atoms with Crippen molar-refractivity contribution in [2.24, 2.45) is 11.5 Å². The molecule has 0 bridgehead atoms. The first-order chi connectivity index (χ1) is 11.3. The lowest BCUT2D eigenvalue weighted by atomic mass is 9.95. The molecule has 0 aromatic heterocycles. The average Bonchev–Trinajstić information content (AvgIpc) is 2.59. The van der Waals surface area contributed by atoms with Crippen LogP contribution < -0.4 is 11.5 Å². The molecule has 0 radical (unpaired) electrons. The lowest BCUT2D eigenvalue weighted by Crippen LogP contribution is -2.67. The molecule has 0 aliphatic carbocycles. The molecule has 2 fully saturated rings. The van der Waals surface area contributed by atoms with Crippen molar-refractivity contribution < 1.29 is 44.5 Å². The van der Waals surface area contributed by atoms with E-state index in [1.165, 1.54) is 7.11 Å². The van der Waals surface area contributed by atoms with Crippen LogP contribution in [0, 0.1) is 0 Å². The van der Waals surface area contributed by atoms with Gasteiger partial charge in [-0.1, -0.05) is 0 Å². The molecule has 2 saturated heterocycles. The van der Waals surface area contributed by atoms with Gasteiger partial charge in [0.15, 0.2) is 12.6 Å². The summed E-state index contributed by atoms with van der Waals surface area (Å²) < 4.78 is 21.3. The van der Waals surface area contributed by atoms with Crippen molar-refractivity contribution in [3.05, 3.63) is 0 Å². The summed E-state index contributed by atoms with van der Waals surface area (Å²) in [7, 11) is 1.34. The van der Waals surface area contributed by atoms with Gasteiger partial charge >= 0.3 is 0 Å². The molecule has 0 saturated carbocycles. The summed E-state index contributed by atoms with van der Waals surface area (Å²) in [5.41, 5.74) is 11.6. The molecule has 0 aromatic carbocycles. The van der Waals surface area contributed by atoms with Crippen LogP contribution in [0.15, 0.2) is 0 Å². The Kier molecular flexibility index (Phi) is 6.87. The molecule has 142 valence electrons. The molecule has 10 atom stereocenters. The summed E-state index contributed by atoms with van der Waals surface area (Å²) in [6.45, 7) is -1.06. The van der Waals surface area contributed by atoms with E-state index in [0.717, 1.165) is 0 Å². The first-order valence-electron chi connectivity index (χ1n) is 7.62. The highest BCUT2D eigenvalue weighted by Gasteiger charge is 2.49. The zero-order chi connectivity index (χ0) is 18.0. The second-order valence-electron chi connectivity index (χ2n) is 5.91. The number of rotatable bonds is 5. The Labute approximate surface area is 138 Å². The lowest BCUT2D eigenvalue weighted by molar-refractivity contribution is -0.326. The minimum atomic E-state index is -1.41. The normalized spacial score (nSPS) is 50.0. The number of aliphatic hydroxyl groups is 5. The molecule has 2 heterocycles. The van der Waals surface area contributed by atoms with Crippen LogP contribution in [0.5, 0.6) is 0 Å². The van der Waals surface area contributed by atoms with Crippen molar-refractivity contribution in [3.63, 3.8) is 0 Å². The van der Waals surface area contributed by atoms with Gasteiger partial charge in [0.1, 0.15) is 36.6 Å². The fourth-order valence-electron chi connectivity index (χ4n) is 2.85. The zero-order valence-electron chi connectivity index (χ0n) is 13.2. The number of hydrogen-bond donors (Lipinski definition) is 7. The van der Waals surface area contributed by atoms with E-state index in [0.29, 0.717) is 0 Å². The molecule has 2 rings (SSSR count). The minimum Gasteiger partial charge on any atom is -0.394 e. The molecule has 2 aliphatic rings. The third kappa shape index (κ3) is 3.71. The highest BCUT2D eigenvalue weighted by molar-refractivity contribution is 4.96. The molecule has 0 aromatic rings. The molecule has 0 spiro atoms. The molecule has 5 unspecified atom stereocenters. The van der Waals surface area contributed by atoms with E-state index in [4.69, 9.17) is 30.4 Å². The van der Waals surface area contributed by atoms with Crippen LogP contribution in [-0.4, -0.2) is 107 Å². The second-order valence-corrected chi connectivity index (χ2v) is 5.91. The highest BCUT2D eigenvalue weighted by Crippen LogP contribution is 2.28. The molecule has 0 amide bonds. The van der Waals surface area contributed by atoms with Crippen molar-refractivity contribution in [1.29, 1.82) is 0 Å². The number of nitrogens with two attached hydrogens (primary N) is 2. The van der Waals surface area contributed by atoms with E-state index in [9.17, 15) is 25.5 Å². The third-order valence-corrected chi connectivity index (χ3v) is 4.35. The van der Waals surface area contributed by atoms with Crippen molar-refractivity contribution in [2.45, 2.75) is 61.3 Å². The van der Waals surface area contributed by atoms with E-state index in [-0.39, 0.29) is 0 Å². The van der Waals surface area contributed by atoms with Crippen LogP contribution in [0.4, 0.5) is 0 Å². The molecular weight excluding hydrogens is 328 g/mol. The van der Waals surface area contributed by atoms with E-state index < -0.39 is 74.5 Å². The van der Waals surface area contributed by atoms with Crippen molar-refractivity contribution >= 4 is 0 Å². The summed E-state index contributed by atoms with van der Waals surface area (Å²) in [5, 5.41) is 48.7. The Morgan fingerprint density at radius 2 is 1.38 bits per heavy atom. The Bertz CT molecular complexity index is 400. The molecular formula is C13H26N2O9. The first-order valence-corrected chi connectivity index (χ1v) is 7.62. The summed E-state index contributed by atoms with van der Waals surface area (Å²) in [6, 6.07) is -2.10. The highest BCUT2D eigenvalue weighted by atomic mass is 16.7. The molecule has 24 heavy (non-hydrogen) atoms. The maximum absolute atomic E-state index is 10.3. The van der Waals surface area contributed by atoms with Crippen LogP contribution in [0.1, 0.15) is 0 Å². The fraction of sp³-hybridized carbons (Fsp3) is 1.00. The van der Waals surface area contributed by atoms with Gasteiger partial charge in [-0.25, -0.2) is 0 Å². The first kappa shape index (κ1) is 19.9. The maximum atomic E-state index is 10.3. The van der Waals surface area contributed by atoms with Gasteiger partial charge in [0.25, 0.3) is 0 Å². The van der Waals surface area contributed by atoms with Gasteiger partial charge in [0.2, 0.25) is 0 Å². The Morgan fingerprint density at radius 3 is 1.92 bits per heavy atom. The number of hydrogen-bond acceptors (Lipinski definition) is 11. The Hall–Kier alpha value is -0.440. The van der Waals surface area contributed by atoms with Crippen LogP contribution in [0.3, 0.4) is 0 Å². The van der Waals surface area contributed by atoms with Crippen molar-refractivity contribution in [2.75, 3.05) is 20.3 Å². The monoisotopic (exact) mass is 354 g/mol. The van der Waals surface area contributed by atoms with Gasteiger partial charge in [-0.3, -0.25) is 0 Å². The van der Waals surface area contributed by atoms with Crippen LogP contribution in [0.2, 0.25) is 0 Å². The second kappa shape index (κ2) is 8.29. The maximum Gasteiger partial charge on any atom is 0.176 e. The third-order valence-electron chi connectivity index (χ3n) is 4.35. The number of ether oxygens (including phenoxy) is 4. The summed E-state index contributed by atoms with van der Waals surface area (Å²) in [4.78, 5) is 0. The van der Waals surface area contributed by atoms with Gasteiger partial charge in [-0.2, -0.15) is 0 Å². The van der Waals surface area contributed by atoms with Crippen LogP contribution in [-0.2, 0) is 18.9 Å². The van der Waals surface area contributed by atoms with Gasteiger partial charge < -0.3 is 55.9 Å². The summed E-state index contributed by atoms with van der Waals surface area (Å²) >= 11 is 0. The quantitative estimate of drug-likeness (QED) is 0.251. The van der Waals surface area contributed by atoms with Crippen molar-refractivity contribution in [3.8, 4) is 0 Å². The van der Waals surface area contributed by atoms with Gasteiger partial charge in [-0.05, 0) is 0 Å². The summed E-state index contributed by atoms with van der Waals surface area (Å²) in [6.07, 6.45) is -9.46. The molecule has 11 nitrogen and oxygen atoms in total. The number of methoxy groups -OCH3 is 1. The SMILES string of the molecule is CO[C@H]1OC(CO)[C@H](OC2OC(CO)C(O)[C@H](O)[C@@H]2N)C(O)[C@H]1N. The molecule has 2 aliphatic heterocycles. The average molecular weight is 354 g/mol. The van der Waals surface area contributed by atoms with Gasteiger partial charge in [0.05, 0.1) is 25.3 Å². The standard InChI is InChI=1S/C13H26N2O9/c1-21-12-7(15)10(20)11(5(3-17)23-12)24-13-6(14)9(19)8(18)4(2-16)22-13/h4-13,16-20H,2-3,14-15H2,1H3/t4?,5?,6-,7+,8?,9+,10?,11-,12-,13?/m0/s1. The zero-order valence-corrected chi connectivity index (χ0v) is 13.2. The Balaban J connectivity index is 2.12. The van der Waals surface area contributed by atoms with Crippen LogP contribution >= 0.6 is 0 Å². The number of aliphatic hydroxyl groups excluding tert-OH is 5. The van der Waals surface area contributed by atoms with E-state index >= 15 is 0 Å². The predicted octanol–water partition coefficient (Wildman–Crippen LogP) is -4.81. The predicted molar refractivity (Wildman–Crippen MR) is 77.3 cm³/mol. The van der Waals surface area contributed by atoms with E-state index in [2.05, 4.69) is 0 Å². The van der Waals surface area contributed by atoms with Gasteiger partial charge in [0, 0.05) is 7.11 Å². The van der Waals surface area contributed by atoms with Gasteiger partial charge in [-0.15, -0.1) is 0 Å². The lowest BCUT2D eigenvalue weighted by Gasteiger charge is -2.46. The molecule has 9 N–H and O–H groups in total. The van der Waals surface area contributed by atoms with Crippen molar-refractivity contribution in [1.82, 2.24) is 0 Å².